The van der Waals surface area contributed by atoms with E-state index in [4.69, 9.17) is 24.7 Å². The Kier molecular flexibility index (Phi) is 6.32. The fraction of sp³-hybridized carbons (Fsp3) is 0.429. The molecule has 0 saturated carbocycles. The van der Waals surface area contributed by atoms with Crippen LogP contribution in [-0.2, 0) is 14.3 Å². The molecule has 0 heterocycles. The van der Waals surface area contributed by atoms with Crippen LogP contribution in [0.15, 0.2) is 18.2 Å². The third-order valence-corrected chi connectivity index (χ3v) is 2.80. The maximum atomic E-state index is 11.0. The van der Waals surface area contributed by atoms with Crippen LogP contribution in [0.5, 0.6) is 11.5 Å². The van der Waals surface area contributed by atoms with E-state index < -0.39 is 12.1 Å². The molecule has 0 bridgehead atoms. The molecule has 0 aliphatic carbocycles. The molecule has 0 aliphatic heterocycles. The molecule has 1 aromatic rings. The van der Waals surface area contributed by atoms with Gasteiger partial charge in [-0.1, -0.05) is 6.07 Å². The van der Waals surface area contributed by atoms with E-state index in [9.17, 15) is 9.59 Å². The van der Waals surface area contributed by atoms with Crippen LogP contribution in [0, 0.1) is 0 Å². The van der Waals surface area contributed by atoms with Crippen molar-refractivity contribution in [1.82, 2.24) is 0 Å². The Morgan fingerprint density at radius 3 is 2.33 bits per heavy atom. The van der Waals surface area contributed by atoms with Crippen molar-refractivity contribution in [1.29, 1.82) is 0 Å². The second-order valence-corrected chi connectivity index (χ2v) is 4.24. The van der Waals surface area contributed by atoms with Crippen molar-refractivity contribution in [2.24, 2.45) is 5.73 Å². The number of carbonyl (C=O) groups is 2. The van der Waals surface area contributed by atoms with Crippen LogP contribution in [0.25, 0.3) is 0 Å². The van der Waals surface area contributed by atoms with Gasteiger partial charge in [0.15, 0.2) is 0 Å². The summed E-state index contributed by atoms with van der Waals surface area (Å²) < 4.78 is 20.2. The van der Waals surface area contributed by atoms with Crippen LogP contribution in [0.3, 0.4) is 0 Å². The zero-order chi connectivity index (χ0) is 15.8. The number of ether oxygens (including phenoxy) is 4. The molecular weight excluding hydrogens is 278 g/mol. The third kappa shape index (κ3) is 5.21. The first-order valence-corrected chi connectivity index (χ1v) is 6.25. The number of nitrogens with two attached hydrogens (primary N) is 1. The number of methoxy groups -OCH3 is 2. The fourth-order valence-electron chi connectivity index (χ4n) is 1.78. The van der Waals surface area contributed by atoms with Gasteiger partial charge in [0.1, 0.15) is 24.7 Å². The van der Waals surface area contributed by atoms with Crippen LogP contribution < -0.4 is 15.2 Å². The highest BCUT2D eigenvalue weighted by Crippen LogP contribution is 2.31. The number of hydrogen-bond donors (Lipinski definition) is 1. The summed E-state index contributed by atoms with van der Waals surface area (Å²) in [5.74, 6) is 0.353. The van der Waals surface area contributed by atoms with Crippen molar-refractivity contribution in [2.45, 2.75) is 12.8 Å². The second kappa shape index (κ2) is 7.98. The average Bonchev–Trinajstić information content (AvgIpc) is 2.46. The van der Waals surface area contributed by atoms with E-state index in [0.717, 1.165) is 5.56 Å². The topological polar surface area (TPSA) is 97.1 Å². The van der Waals surface area contributed by atoms with Crippen molar-refractivity contribution < 1.29 is 28.5 Å². The first kappa shape index (κ1) is 16.6. The average molecular weight is 297 g/mol. The third-order valence-electron chi connectivity index (χ3n) is 2.80. The first-order chi connectivity index (χ1) is 9.97. The molecule has 116 valence electrons. The maximum absolute atomic E-state index is 11.0. The summed E-state index contributed by atoms with van der Waals surface area (Å²) in [6.45, 7) is 1.33. The number of carbonyl (C=O) groups excluding carboxylic acids is 2. The molecule has 0 aromatic heterocycles. The van der Waals surface area contributed by atoms with Gasteiger partial charge in [-0.2, -0.15) is 0 Å². The minimum atomic E-state index is -0.893. The van der Waals surface area contributed by atoms with Gasteiger partial charge in [-0.15, -0.1) is 0 Å². The van der Waals surface area contributed by atoms with Gasteiger partial charge in [0.05, 0.1) is 20.1 Å². The van der Waals surface area contributed by atoms with Crippen molar-refractivity contribution in [3.63, 3.8) is 0 Å². The van der Waals surface area contributed by atoms with Crippen LogP contribution in [-0.4, -0.2) is 39.5 Å². The van der Waals surface area contributed by atoms with Crippen LogP contribution >= 0.6 is 0 Å². The lowest BCUT2D eigenvalue weighted by Crippen LogP contribution is -2.22. The van der Waals surface area contributed by atoms with E-state index in [2.05, 4.69) is 0 Å². The van der Waals surface area contributed by atoms with E-state index >= 15 is 0 Å². The Hall–Kier alpha value is -2.44. The first-order valence-electron chi connectivity index (χ1n) is 6.25. The zero-order valence-electron chi connectivity index (χ0n) is 12.3. The van der Waals surface area contributed by atoms with Gasteiger partial charge in [-0.25, -0.2) is 4.79 Å². The molecule has 21 heavy (non-hydrogen) atoms. The van der Waals surface area contributed by atoms with Crippen LogP contribution in [0.1, 0.15) is 18.4 Å². The van der Waals surface area contributed by atoms with Crippen molar-refractivity contribution >= 4 is 12.1 Å². The van der Waals surface area contributed by atoms with Crippen molar-refractivity contribution in [2.75, 3.05) is 27.4 Å². The molecule has 7 heteroatoms. The monoisotopic (exact) mass is 297 g/mol. The number of primary amides is 1. The van der Waals surface area contributed by atoms with Gasteiger partial charge in [0.25, 0.3) is 0 Å². The molecule has 1 amide bonds. The molecule has 0 unspecified atom stereocenters. The van der Waals surface area contributed by atoms with E-state index in [1.54, 1.807) is 25.3 Å². The Bertz CT molecular complexity index is 484. The molecule has 7 nitrogen and oxygen atoms in total. The summed E-state index contributed by atoms with van der Waals surface area (Å²) in [5.41, 5.74) is 5.69. The van der Waals surface area contributed by atoms with E-state index in [1.165, 1.54) is 14.0 Å². The normalized spacial score (nSPS) is 11.4. The summed E-state index contributed by atoms with van der Waals surface area (Å²) in [6, 6.07) is 5.19. The van der Waals surface area contributed by atoms with E-state index in [0.29, 0.717) is 11.5 Å². The molecule has 0 spiro atoms. The van der Waals surface area contributed by atoms with Gasteiger partial charge < -0.3 is 24.7 Å². The zero-order valence-corrected chi connectivity index (χ0v) is 12.3. The molecule has 1 atom stereocenters. The Morgan fingerprint density at radius 1 is 1.14 bits per heavy atom. The summed E-state index contributed by atoms with van der Waals surface area (Å²) in [6.07, 6.45) is -0.893. The molecule has 0 fully saturated rings. The molecule has 0 radical (unpaired) electrons. The van der Waals surface area contributed by atoms with Gasteiger partial charge in [0, 0.05) is 18.6 Å². The number of benzene rings is 1. The minimum Gasteiger partial charge on any atom is -0.497 e. The molecule has 1 rings (SSSR count). The highest BCUT2D eigenvalue weighted by Gasteiger charge is 2.20. The Balaban J connectivity index is 2.99. The number of hydrogen-bond acceptors (Lipinski definition) is 6. The van der Waals surface area contributed by atoms with E-state index in [-0.39, 0.29) is 19.1 Å². The minimum absolute atomic E-state index is 0.0225. The number of rotatable bonds is 7. The number of esters is 1. The fourth-order valence-corrected chi connectivity index (χ4v) is 1.78. The lowest BCUT2D eigenvalue weighted by molar-refractivity contribution is -0.141. The molecule has 0 aliphatic rings. The summed E-state index contributed by atoms with van der Waals surface area (Å²) in [7, 11) is 3.05. The van der Waals surface area contributed by atoms with Crippen LogP contribution in [0.2, 0.25) is 0 Å². The summed E-state index contributed by atoms with van der Waals surface area (Å²) in [5, 5.41) is 0. The molecular formula is C14H19NO6. The Labute approximate surface area is 122 Å². The van der Waals surface area contributed by atoms with Gasteiger partial charge in [-0.3, -0.25) is 4.79 Å². The maximum Gasteiger partial charge on any atom is 0.404 e. The highest BCUT2D eigenvalue weighted by molar-refractivity contribution is 5.66. The predicted octanol–water partition coefficient (Wildman–Crippen LogP) is 1.45. The standard InChI is InChI=1S/C14H19NO6/c1-9(16)20-7-10(8-21-14(15)17)12-5-4-11(18-2)6-13(12)19-3/h4-6,10H,7-8H2,1-3H3,(H2,15,17)/t10-/m1/s1. The van der Waals surface area contributed by atoms with Crippen molar-refractivity contribution in [3.05, 3.63) is 23.8 Å². The van der Waals surface area contributed by atoms with Crippen molar-refractivity contribution in [3.8, 4) is 11.5 Å². The van der Waals surface area contributed by atoms with Gasteiger partial charge in [-0.05, 0) is 6.07 Å². The Morgan fingerprint density at radius 2 is 1.81 bits per heavy atom. The lowest BCUT2D eigenvalue weighted by Gasteiger charge is -2.19. The SMILES string of the molecule is COc1ccc([C@H](COC(C)=O)COC(N)=O)c(OC)c1. The molecule has 1 aromatic carbocycles. The quantitative estimate of drug-likeness (QED) is 0.765. The highest BCUT2D eigenvalue weighted by atomic mass is 16.6. The van der Waals surface area contributed by atoms with Gasteiger partial charge in [0.2, 0.25) is 0 Å². The lowest BCUT2D eigenvalue weighted by atomic mass is 9.99. The largest absolute Gasteiger partial charge is 0.497 e. The smallest absolute Gasteiger partial charge is 0.404 e. The van der Waals surface area contributed by atoms with E-state index in [1.807, 2.05) is 0 Å². The van der Waals surface area contributed by atoms with Gasteiger partial charge >= 0.3 is 12.1 Å². The van der Waals surface area contributed by atoms with Crippen LogP contribution in [0.4, 0.5) is 4.79 Å². The molecule has 2 N–H and O–H groups in total. The summed E-state index contributed by atoms with van der Waals surface area (Å²) >= 11 is 0. The number of amides is 1. The summed E-state index contributed by atoms with van der Waals surface area (Å²) in [4.78, 5) is 21.7. The predicted molar refractivity (Wildman–Crippen MR) is 74.5 cm³/mol. The molecule has 0 saturated heterocycles. The second-order valence-electron chi connectivity index (χ2n) is 4.24.